The standard InChI is InChI=1S/C13H17N3O3/c1-8-12(17)15-6-7-16(8)13(18)11-9(14)4-3-5-10(11)19-2/h3-5,8H,6-7,14H2,1-2H3,(H,15,17). The Morgan fingerprint density at radius 3 is 2.95 bits per heavy atom. The van der Waals surface area contributed by atoms with E-state index in [1.165, 1.54) is 12.0 Å². The van der Waals surface area contributed by atoms with Gasteiger partial charge in [0.15, 0.2) is 0 Å². The first kappa shape index (κ1) is 13.2. The quantitative estimate of drug-likeness (QED) is 0.748. The predicted molar refractivity (Wildman–Crippen MR) is 70.9 cm³/mol. The highest BCUT2D eigenvalue weighted by Crippen LogP contribution is 2.26. The summed E-state index contributed by atoms with van der Waals surface area (Å²) in [5.41, 5.74) is 6.52. The average Bonchev–Trinajstić information content (AvgIpc) is 2.40. The first-order valence-electron chi connectivity index (χ1n) is 6.07. The third-order valence-corrected chi connectivity index (χ3v) is 3.25. The lowest BCUT2D eigenvalue weighted by molar-refractivity contribution is -0.127. The van der Waals surface area contributed by atoms with Gasteiger partial charge in [0.05, 0.1) is 7.11 Å². The summed E-state index contributed by atoms with van der Waals surface area (Å²) in [6.45, 7) is 2.60. The van der Waals surface area contributed by atoms with Gasteiger partial charge >= 0.3 is 0 Å². The van der Waals surface area contributed by atoms with Gasteiger partial charge in [0.25, 0.3) is 5.91 Å². The number of nitrogens with two attached hydrogens (primary N) is 1. The molecule has 19 heavy (non-hydrogen) atoms. The number of hydrogen-bond acceptors (Lipinski definition) is 4. The maximum atomic E-state index is 12.5. The van der Waals surface area contributed by atoms with Crippen LogP contribution in [0.5, 0.6) is 5.75 Å². The molecule has 0 aromatic heterocycles. The fraction of sp³-hybridized carbons (Fsp3) is 0.385. The zero-order valence-electron chi connectivity index (χ0n) is 11.0. The molecule has 1 aromatic carbocycles. The van der Waals surface area contributed by atoms with Crippen LogP contribution in [-0.4, -0.2) is 43.0 Å². The molecule has 0 bridgehead atoms. The van der Waals surface area contributed by atoms with Crippen LogP contribution in [0.4, 0.5) is 5.69 Å². The second-order valence-corrected chi connectivity index (χ2v) is 4.39. The number of nitrogens with zero attached hydrogens (tertiary/aromatic N) is 1. The molecule has 0 spiro atoms. The van der Waals surface area contributed by atoms with Gasteiger partial charge in [0, 0.05) is 18.8 Å². The van der Waals surface area contributed by atoms with Gasteiger partial charge in [0.1, 0.15) is 17.4 Å². The Hall–Kier alpha value is -2.24. The molecule has 6 nitrogen and oxygen atoms in total. The molecular weight excluding hydrogens is 246 g/mol. The number of rotatable bonds is 2. The molecule has 102 valence electrons. The van der Waals surface area contributed by atoms with Gasteiger partial charge in [-0.3, -0.25) is 9.59 Å². The van der Waals surface area contributed by atoms with E-state index in [2.05, 4.69) is 5.32 Å². The van der Waals surface area contributed by atoms with Crippen molar-refractivity contribution < 1.29 is 14.3 Å². The summed E-state index contributed by atoms with van der Waals surface area (Å²) < 4.78 is 5.17. The van der Waals surface area contributed by atoms with Crippen molar-refractivity contribution in [3.8, 4) is 5.75 Å². The van der Waals surface area contributed by atoms with Crippen molar-refractivity contribution in [1.29, 1.82) is 0 Å². The molecule has 3 N–H and O–H groups in total. The van der Waals surface area contributed by atoms with Crippen molar-refractivity contribution in [2.24, 2.45) is 0 Å². The van der Waals surface area contributed by atoms with E-state index in [-0.39, 0.29) is 11.8 Å². The minimum Gasteiger partial charge on any atom is -0.496 e. The number of methoxy groups -OCH3 is 1. The van der Waals surface area contributed by atoms with Gasteiger partial charge < -0.3 is 20.7 Å². The molecule has 1 fully saturated rings. The predicted octanol–water partition coefficient (Wildman–Crippen LogP) is 0.238. The van der Waals surface area contributed by atoms with Gasteiger partial charge in [-0.25, -0.2) is 0 Å². The van der Waals surface area contributed by atoms with Crippen molar-refractivity contribution in [3.63, 3.8) is 0 Å². The van der Waals surface area contributed by atoms with Crippen molar-refractivity contribution in [2.45, 2.75) is 13.0 Å². The average molecular weight is 263 g/mol. The number of carbonyl (C=O) groups is 2. The number of anilines is 1. The monoisotopic (exact) mass is 263 g/mol. The maximum Gasteiger partial charge on any atom is 0.260 e. The van der Waals surface area contributed by atoms with Crippen LogP contribution < -0.4 is 15.8 Å². The van der Waals surface area contributed by atoms with Gasteiger partial charge in [-0.1, -0.05) is 6.07 Å². The fourth-order valence-electron chi connectivity index (χ4n) is 2.15. The largest absolute Gasteiger partial charge is 0.496 e. The Morgan fingerprint density at radius 1 is 1.53 bits per heavy atom. The topological polar surface area (TPSA) is 84.7 Å². The lowest BCUT2D eigenvalue weighted by Crippen LogP contribution is -2.55. The van der Waals surface area contributed by atoms with E-state index in [0.29, 0.717) is 30.1 Å². The van der Waals surface area contributed by atoms with Crippen LogP contribution in [0.2, 0.25) is 0 Å². The van der Waals surface area contributed by atoms with Crippen molar-refractivity contribution in [3.05, 3.63) is 23.8 Å². The Morgan fingerprint density at radius 2 is 2.26 bits per heavy atom. The lowest BCUT2D eigenvalue weighted by atomic mass is 10.1. The smallest absolute Gasteiger partial charge is 0.260 e. The molecular formula is C13H17N3O3. The third-order valence-electron chi connectivity index (χ3n) is 3.25. The van der Waals surface area contributed by atoms with E-state index in [9.17, 15) is 9.59 Å². The van der Waals surface area contributed by atoms with Crippen molar-refractivity contribution in [2.75, 3.05) is 25.9 Å². The molecule has 0 aliphatic carbocycles. The zero-order valence-corrected chi connectivity index (χ0v) is 11.0. The fourth-order valence-corrected chi connectivity index (χ4v) is 2.15. The molecule has 0 radical (unpaired) electrons. The number of hydrogen-bond donors (Lipinski definition) is 2. The van der Waals surface area contributed by atoms with E-state index >= 15 is 0 Å². The van der Waals surface area contributed by atoms with Crippen LogP contribution in [0.15, 0.2) is 18.2 Å². The van der Waals surface area contributed by atoms with Gasteiger partial charge in [-0.2, -0.15) is 0 Å². The zero-order chi connectivity index (χ0) is 14.0. The van der Waals surface area contributed by atoms with Gasteiger partial charge in [-0.05, 0) is 19.1 Å². The number of ether oxygens (including phenoxy) is 1. The van der Waals surface area contributed by atoms with Crippen LogP contribution in [0.1, 0.15) is 17.3 Å². The molecule has 2 rings (SSSR count). The molecule has 2 amide bonds. The van der Waals surface area contributed by atoms with Crippen molar-refractivity contribution in [1.82, 2.24) is 10.2 Å². The van der Waals surface area contributed by atoms with Crippen LogP contribution >= 0.6 is 0 Å². The Labute approximate surface area is 111 Å². The maximum absolute atomic E-state index is 12.5. The summed E-state index contributed by atoms with van der Waals surface area (Å²) in [6, 6.07) is 4.53. The molecule has 1 aliphatic rings. The van der Waals surface area contributed by atoms with E-state index in [1.54, 1.807) is 25.1 Å². The van der Waals surface area contributed by atoms with E-state index in [4.69, 9.17) is 10.5 Å². The highest BCUT2D eigenvalue weighted by Gasteiger charge is 2.32. The SMILES string of the molecule is COc1cccc(N)c1C(=O)N1CCNC(=O)C1C. The number of amides is 2. The Balaban J connectivity index is 2.36. The second kappa shape index (κ2) is 5.17. The number of carbonyl (C=O) groups excluding carboxylic acids is 2. The number of benzene rings is 1. The lowest BCUT2D eigenvalue weighted by Gasteiger charge is -2.33. The molecule has 1 saturated heterocycles. The van der Waals surface area contributed by atoms with E-state index < -0.39 is 6.04 Å². The van der Waals surface area contributed by atoms with Crippen LogP contribution in [0.25, 0.3) is 0 Å². The summed E-state index contributed by atoms with van der Waals surface area (Å²) in [4.78, 5) is 25.7. The highest BCUT2D eigenvalue weighted by atomic mass is 16.5. The third kappa shape index (κ3) is 2.33. The molecule has 1 aromatic rings. The first-order valence-corrected chi connectivity index (χ1v) is 6.07. The number of piperazine rings is 1. The second-order valence-electron chi connectivity index (χ2n) is 4.39. The van der Waals surface area contributed by atoms with Gasteiger partial charge in [0.2, 0.25) is 5.91 Å². The van der Waals surface area contributed by atoms with E-state index in [1.807, 2.05) is 0 Å². The highest BCUT2D eigenvalue weighted by molar-refractivity contribution is 6.04. The molecule has 6 heteroatoms. The molecule has 0 saturated carbocycles. The summed E-state index contributed by atoms with van der Waals surface area (Å²) >= 11 is 0. The summed E-state index contributed by atoms with van der Waals surface area (Å²) in [5.74, 6) is -0.0199. The summed E-state index contributed by atoms with van der Waals surface area (Å²) in [6.07, 6.45) is 0. The van der Waals surface area contributed by atoms with Crippen LogP contribution in [-0.2, 0) is 4.79 Å². The summed E-state index contributed by atoms with van der Waals surface area (Å²) in [7, 11) is 1.48. The molecule has 1 aliphatic heterocycles. The first-order chi connectivity index (χ1) is 9.06. The minimum atomic E-state index is -0.509. The van der Waals surface area contributed by atoms with Gasteiger partial charge in [-0.15, -0.1) is 0 Å². The minimum absolute atomic E-state index is 0.159. The Kier molecular flexibility index (Phi) is 3.59. The normalized spacial score (nSPS) is 18.9. The number of nitrogen functional groups attached to an aromatic ring is 1. The van der Waals surface area contributed by atoms with E-state index in [0.717, 1.165) is 0 Å². The van der Waals surface area contributed by atoms with Crippen LogP contribution in [0.3, 0.4) is 0 Å². The Bertz CT molecular complexity index is 516. The van der Waals surface area contributed by atoms with Crippen LogP contribution in [0, 0.1) is 0 Å². The number of nitrogens with one attached hydrogen (secondary N) is 1. The van der Waals surface area contributed by atoms with Crippen molar-refractivity contribution >= 4 is 17.5 Å². The molecule has 1 unspecified atom stereocenters. The molecule has 1 atom stereocenters. The summed E-state index contributed by atoms with van der Waals surface area (Å²) in [5, 5.41) is 2.72. The molecule has 1 heterocycles.